The van der Waals surface area contributed by atoms with Gasteiger partial charge in [-0.15, -0.1) is 0 Å². The Morgan fingerprint density at radius 1 is 0.576 bits per heavy atom. The van der Waals surface area contributed by atoms with E-state index in [1.807, 2.05) is 48.5 Å². The van der Waals surface area contributed by atoms with Crippen molar-refractivity contribution >= 4 is 23.2 Å². The normalized spacial score (nSPS) is 10.8. The molecule has 0 atom stereocenters. The third-order valence-electron chi connectivity index (χ3n) is 5.79. The predicted octanol–water partition coefficient (Wildman–Crippen LogP) is 7.78. The van der Waals surface area contributed by atoms with Crippen LogP contribution in [0.4, 0.5) is 0 Å². The van der Waals surface area contributed by atoms with Gasteiger partial charge in [0.2, 0.25) is 0 Å². The van der Waals surface area contributed by atoms with Crippen LogP contribution in [0.15, 0.2) is 84.9 Å². The van der Waals surface area contributed by atoms with Crippen LogP contribution in [0.5, 0.6) is 11.5 Å². The van der Waals surface area contributed by atoms with Crippen LogP contribution in [0.3, 0.4) is 0 Å². The van der Waals surface area contributed by atoms with Gasteiger partial charge in [-0.05, 0) is 58.1 Å². The van der Waals surface area contributed by atoms with E-state index >= 15 is 0 Å². The molecule has 0 fully saturated rings. The minimum absolute atomic E-state index is 0.731. The number of hydrogen-bond acceptors (Lipinski definition) is 2. The van der Waals surface area contributed by atoms with Gasteiger partial charge in [0.15, 0.2) is 0 Å². The summed E-state index contributed by atoms with van der Waals surface area (Å²) in [4.78, 5) is 0. The Bertz CT molecular complexity index is 1230. The molecule has 0 saturated heterocycles. The fourth-order valence-electron chi connectivity index (χ4n) is 4.20. The van der Waals surface area contributed by atoms with Crippen molar-refractivity contribution in [2.45, 2.75) is 19.3 Å². The molecule has 4 aromatic carbocycles. The summed E-state index contributed by atoms with van der Waals surface area (Å²) >= 11 is 12.4. The topological polar surface area (TPSA) is 18.5 Å². The molecule has 0 aromatic heterocycles. The Morgan fingerprint density at radius 3 is 2.06 bits per heavy atom. The number of halogens is 2. The molecule has 0 aliphatic carbocycles. The summed E-state index contributed by atoms with van der Waals surface area (Å²) in [5.74, 6) is 1.80. The van der Waals surface area contributed by atoms with Crippen molar-refractivity contribution in [3.63, 3.8) is 0 Å². The van der Waals surface area contributed by atoms with E-state index in [9.17, 15) is 0 Å². The summed E-state index contributed by atoms with van der Waals surface area (Å²) in [6.07, 6.45) is 2.24. The Balaban J connectivity index is 1.78. The Hall–Kier alpha value is -2.94. The van der Waals surface area contributed by atoms with Crippen LogP contribution in [0.1, 0.15) is 33.4 Å². The lowest BCUT2D eigenvalue weighted by molar-refractivity contribution is 0.405. The van der Waals surface area contributed by atoms with Crippen molar-refractivity contribution in [1.29, 1.82) is 0 Å². The Morgan fingerprint density at radius 2 is 1.33 bits per heavy atom. The lowest BCUT2D eigenvalue weighted by Crippen LogP contribution is -2.05. The van der Waals surface area contributed by atoms with Crippen LogP contribution in [0, 0.1) is 0 Å². The van der Waals surface area contributed by atoms with Gasteiger partial charge in [0.05, 0.1) is 14.2 Å². The molecule has 0 unspecified atom stereocenters. The molecule has 0 amide bonds. The fourth-order valence-corrected chi connectivity index (χ4v) is 4.54. The van der Waals surface area contributed by atoms with Crippen molar-refractivity contribution < 1.29 is 9.47 Å². The van der Waals surface area contributed by atoms with E-state index in [1.165, 1.54) is 16.7 Å². The highest BCUT2D eigenvalue weighted by molar-refractivity contribution is 6.30. The maximum Gasteiger partial charge on any atom is 0.126 e. The van der Waals surface area contributed by atoms with Gasteiger partial charge >= 0.3 is 0 Å². The third kappa shape index (κ3) is 5.71. The van der Waals surface area contributed by atoms with E-state index in [4.69, 9.17) is 32.7 Å². The molecular weight excluding hydrogens is 451 g/mol. The maximum absolute atomic E-state index is 6.23. The standard InChI is InChI=1S/C29H26Cl2O2/c1-32-28-9-4-3-7-23(28)19-22-12-13-24(16-21-6-5-8-26(31)17-21)29(33-2)27(22)18-20-10-14-25(30)15-11-20/h3-15,17H,16,18-19H2,1-2H3. The van der Waals surface area contributed by atoms with Crippen molar-refractivity contribution in [3.05, 3.63) is 128 Å². The first kappa shape index (κ1) is 23.2. The van der Waals surface area contributed by atoms with E-state index in [2.05, 4.69) is 36.4 Å². The third-order valence-corrected chi connectivity index (χ3v) is 6.28. The summed E-state index contributed by atoms with van der Waals surface area (Å²) in [6, 6.07) is 28.5. The maximum atomic E-state index is 6.23. The van der Waals surface area contributed by atoms with Gasteiger partial charge < -0.3 is 9.47 Å². The number of para-hydroxylation sites is 1. The number of ether oxygens (including phenoxy) is 2. The lowest BCUT2D eigenvalue weighted by atomic mass is 9.90. The lowest BCUT2D eigenvalue weighted by Gasteiger charge is -2.19. The zero-order chi connectivity index (χ0) is 23.2. The zero-order valence-corrected chi connectivity index (χ0v) is 20.3. The highest BCUT2D eigenvalue weighted by Crippen LogP contribution is 2.34. The van der Waals surface area contributed by atoms with Gasteiger partial charge in [0, 0.05) is 34.9 Å². The van der Waals surface area contributed by atoms with Gasteiger partial charge in [-0.2, -0.15) is 0 Å². The quantitative estimate of drug-likeness (QED) is 0.258. The minimum Gasteiger partial charge on any atom is -0.496 e. The molecule has 0 bridgehead atoms. The van der Waals surface area contributed by atoms with Crippen LogP contribution in [-0.4, -0.2) is 14.2 Å². The molecule has 4 aromatic rings. The zero-order valence-electron chi connectivity index (χ0n) is 18.8. The van der Waals surface area contributed by atoms with Crippen LogP contribution in [0.2, 0.25) is 10.0 Å². The first-order valence-electron chi connectivity index (χ1n) is 10.9. The SMILES string of the molecule is COc1ccccc1Cc1ccc(Cc2cccc(Cl)c2)c(OC)c1Cc1ccc(Cl)cc1. The second-order valence-corrected chi connectivity index (χ2v) is 8.87. The van der Waals surface area contributed by atoms with E-state index in [-0.39, 0.29) is 0 Å². The molecular formula is C29H26Cl2O2. The van der Waals surface area contributed by atoms with Crippen molar-refractivity contribution in [3.8, 4) is 11.5 Å². The summed E-state index contributed by atoms with van der Waals surface area (Å²) in [5.41, 5.74) is 6.98. The number of hydrogen-bond donors (Lipinski definition) is 0. The van der Waals surface area contributed by atoms with E-state index in [1.54, 1.807) is 14.2 Å². The minimum atomic E-state index is 0.731. The molecule has 4 heteroatoms. The van der Waals surface area contributed by atoms with Crippen molar-refractivity contribution in [1.82, 2.24) is 0 Å². The Labute approximate surface area is 205 Å². The molecule has 33 heavy (non-hydrogen) atoms. The monoisotopic (exact) mass is 476 g/mol. The van der Waals surface area contributed by atoms with Gasteiger partial charge in [0.25, 0.3) is 0 Å². The largest absolute Gasteiger partial charge is 0.496 e. The van der Waals surface area contributed by atoms with Crippen LogP contribution in [0.25, 0.3) is 0 Å². The first-order valence-corrected chi connectivity index (χ1v) is 11.6. The smallest absolute Gasteiger partial charge is 0.126 e. The summed E-state index contributed by atoms with van der Waals surface area (Å²) in [5, 5.41) is 1.47. The van der Waals surface area contributed by atoms with Gasteiger partial charge in [-0.25, -0.2) is 0 Å². The van der Waals surface area contributed by atoms with Gasteiger partial charge in [-0.1, -0.05) is 77.8 Å². The molecule has 0 heterocycles. The van der Waals surface area contributed by atoms with Crippen LogP contribution in [-0.2, 0) is 19.3 Å². The molecule has 0 aliphatic rings. The van der Waals surface area contributed by atoms with Gasteiger partial charge in [-0.3, -0.25) is 0 Å². The average molecular weight is 477 g/mol. The van der Waals surface area contributed by atoms with E-state index in [0.29, 0.717) is 0 Å². The van der Waals surface area contributed by atoms with Crippen molar-refractivity contribution in [2.75, 3.05) is 14.2 Å². The average Bonchev–Trinajstić information content (AvgIpc) is 2.82. The molecule has 2 nitrogen and oxygen atoms in total. The van der Waals surface area contributed by atoms with Gasteiger partial charge in [0.1, 0.15) is 11.5 Å². The summed E-state index contributed by atoms with van der Waals surface area (Å²) in [7, 11) is 3.46. The molecule has 168 valence electrons. The molecule has 0 saturated carbocycles. The van der Waals surface area contributed by atoms with E-state index in [0.717, 1.165) is 57.5 Å². The molecule has 0 aliphatic heterocycles. The molecule has 4 rings (SSSR count). The van der Waals surface area contributed by atoms with E-state index < -0.39 is 0 Å². The second-order valence-electron chi connectivity index (χ2n) is 7.99. The van der Waals surface area contributed by atoms with Crippen LogP contribution >= 0.6 is 23.2 Å². The number of rotatable bonds is 8. The first-order chi connectivity index (χ1) is 16.1. The molecule has 0 radical (unpaired) electrons. The molecule has 0 spiro atoms. The highest BCUT2D eigenvalue weighted by atomic mass is 35.5. The summed E-state index contributed by atoms with van der Waals surface area (Å²) in [6.45, 7) is 0. The predicted molar refractivity (Wildman–Crippen MR) is 137 cm³/mol. The molecule has 0 N–H and O–H groups in total. The summed E-state index contributed by atoms with van der Waals surface area (Å²) < 4.78 is 11.6. The number of methoxy groups -OCH3 is 2. The van der Waals surface area contributed by atoms with Crippen molar-refractivity contribution in [2.24, 2.45) is 0 Å². The number of benzene rings is 4. The Kier molecular flexibility index (Phi) is 7.59. The fraction of sp³-hybridized carbons (Fsp3) is 0.172. The van der Waals surface area contributed by atoms with Crippen LogP contribution < -0.4 is 9.47 Å². The highest BCUT2D eigenvalue weighted by Gasteiger charge is 2.17. The second kappa shape index (κ2) is 10.8.